The number of carbonyl (C=O) groups excluding carboxylic acids is 1. The lowest BCUT2D eigenvalue weighted by Crippen LogP contribution is -2.07. The van der Waals surface area contributed by atoms with Gasteiger partial charge in [0.15, 0.2) is 11.6 Å². The zero-order valence-electron chi connectivity index (χ0n) is 15.5. The Balaban J connectivity index is 1.94. The number of nitrogens with zero attached hydrogens (tertiary/aromatic N) is 3. The topological polar surface area (TPSA) is 113 Å². The van der Waals surface area contributed by atoms with E-state index >= 15 is 0 Å². The van der Waals surface area contributed by atoms with Gasteiger partial charge in [0.1, 0.15) is 23.7 Å². The molecule has 0 aliphatic heterocycles. The Kier molecular flexibility index (Phi) is 5.72. The summed E-state index contributed by atoms with van der Waals surface area (Å²) in [6.45, 7) is 1.80. The first kappa shape index (κ1) is 19.8. The van der Waals surface area contributed by atoms with E-state index in [1.54, 1.807) is 13.0 Å². The number of carbonyl (C=O) groups is 1. The van der Waals surface area contributed by atoms with Crippen LogP contribution >= 0.6 is 0 Å². The van der Waals surface area contributed by atoms with Gasteiger partial charge in [-0.05, 0) is 19.1 Å². The number of ether oxygens (including phenoxy) is 1. The Labute approximate surface area is 164 Å². The Morgan fingerprint density at radius 1 is 1.07 bits per heavy atom. The second kappa shape index (κ2) is 8.38. The highest BCUT2D eigenvalue weighted by molar-refractivity contribution is 5.91. The summed E-state index contributed by atoms with van der Waals surface area (Å²) in [7, 11) is 1.12. The van der Waals surface area contributed by atoms with Gasteiger partial charge >= 0.3 is 5.97 Å². The third-order valence-electron chi connectivity index (χ3n) is 3.87. The van der Waals surface area contributed by atoms with E-state index in [2.05, 4.69) is 30.3 Å². The average molecular weight is 398 g/mol. The van der Waals surface area contributed by atoms with Crippen molar-refractivity contribution in [1.29, 1.82) is 5.41 Å². The molecule has 0 fully saturated rings. The number of esters is 1. The van der Waals surface area contributed by atoms with Gasteiger partial charge in [-0.15, -0.1) is 0 Å². The zero-order chi connectivity index (χ0) is 21.0. The molecule has 0 aliphatic carbocycles. The molecule has 0 radical (unpaired) electrons. The van der Waals surface area contributed by atoms with Gasteiger partial charge in [0, 0.05) is 35.8 Å². The minimum atomic E-state index is -0.987. The summed E-state index contributed by atoms with van der Waals surface area (Å²) in [5, 5.41) is 13.1. The van der Waals surface area contributed by atoms with E-state index < -0.39 is 23.3 Å². The van der Waals surface area contributed by atoms with Crippen molar-refractivity contribution in [3.8, 4) is 0 Å². The van der Waals surface area contributed by atoms with Gasteiger partial charge < -0.3 is 20.8 Å². The molecule has 3 aromatic rings. The maximum absolute atomic E-state index is 14.4. The van der Waals surface area contributed by atoms with Gasteiger partial charge in [-0.1, -0.05) is 0 Å². The molecule has 2 heterocycles. The van der Waals surface area contributed by atoms with Crippen molar-refractivity contribution in [3.05, 3.63) is 65.2 Å². The Morgan fingerprint density at radius 2 is 1.76 bits per heavy atom. The van der Waals surface area contributed by atoms with Crippen LogP contribution in [0.1, 0.15) is 21.6 Å². The van der Waals surface area contributed by atoms with Crippen molar-refractivity contribution < 1.29 is 18.3 Å². The summed E-state index contributed by atoms with van der Waals surface area (Å²) >= 11 is 0. The molecule has 0 unspecified atom stereocenters. The number of hydrogen-bond donors (Lipinski definition) is 3. The minimum Gasteiger partial charge on any atom is -0.465 e. The predicted molar refractivity (Wildman–Crippen MR) is 103 cm³/mol. The Morgan fingerprint density at radius 3 is 2.38 bits per heavy atom. The number of benzene rings is 1. The first-order chi connectivity index (χ1) is 13.9. The predicted octanol–water partition coefficient (Wildman–Crippen LogP) is 3.73. The highest BCUT2D eigenvalue weighted by Crippen LogP contribution is 2.28. The van der Waals surface area contributed by atoms with Gasteiger partial charge in [-0.3, -0.25) is 0 Å². The monoisotopic (exact) mass is 398 g/mol. The van der Waals surface area contributed by atoms with E-state index in [4.69, 9.17) is 5.41 Å². The van der Waals surface area contributed by atoms with E-state index in [-0.39, 0.29) is 11.3 Å². The van der Waals surface area contributed by atoms with Gasteiger partial charge in [0.05, 0.1) is 18.4 Å². The molecule has 0 spiro atoms. The second-order valence-electron chi connectivity index (χ2n) is 5.90. The van der Waals surface area contributed by atoms with Crippen LogP contribution in [0.4, 0.5) is 31.8 Å². The van der Waals surface area contributed by atoms with Crippen LogP contribution in [-0.2, 0) is 4.74 Å². The van der Waals surface area contributed by atoms with Crippen molar-refractivity contribution in [3.63, 3.8) is 0 Å². The number of aryl methyl sites for hydroxylation is 1. The number of hydrogen-bond acceptors (Lipinski definition) is 8. The first-order valence-electron chi connectivity index (χ1n) is 8.32. The van der Waals surface area contributed by atoms with Gasteiger partial charge in [0.25, 0.3) is 0 Å². The minimum absolute atomic E-state index is 0.229. The van der Waals surface area contributed by atoms with Crippen LogP contribution in [0.5, 0.6) is 0 Å². The zero-order valence-corrected chi connectivity index (χ0v) is 15.5. The van der Waals surface area contributed by atoms with Gasteiger partial charge in [-0.2, -0.15) is 0 Å². The molecule has 0 bridgehead atoms. The third kappa shape index (κ3) is 4.49. The highest BCUT2D eigenvalue weighted by atomic mass is 19.1. The molecular formula is C19H16F2N6O2. The Bertz CT molecular complexity index is 1070. The van der Waals surface area contributed by atoms with E-state index in [0.29, 0.717) is 17.2 Å². The molecule has 0 atom stereocenters. The number of rotatable bonds is 6. The molecule has 148 valence electrons. The van der Waals surface area contributed by atoms with E-state index in [1.807, 2.05) is 0 Å². The van der Waals surface area contributed by atoms with Gasteiger partial charge in [0.2, 0.25) is 0 Å². The summed E-state index contributed by atoms with van der Waals surface area (Å²) in [4.78, 5) is 23.7. The summed E-state index contributed by atoms with van der Waals surface area (Å²) in [6.07, 6.45) is 3.74. The van der Waals surface area contributed by atoms with Crippen LogP contribution < -0.4 is 10.6 Å². The normalized spacial score (nSPS) is 10.3. The van der Waals surface area contributed by atoms with Crippen molar-refractivity contribution in [2.75, 3.05) is 17.7 Å². The molecule has 0 saturated heterocycles. The summed E-state index contributed by atoms with van der Waals surface area (Å²) in [5.74, 6) is -2.01. The van der Waals surface area contributed by atoms with E-state index in [0.717, 1.165) is 31.2 Å². The van der Waals surface area contributed by atoms with Crippen LogP contribution in [-0.4, -0.2) is 34.2 Å². The molecule has 10 heteroatoms. The highest BCUT2D eigenvalue weighted by Gasteiger charge is 2.17. The maximum atomic E-state index is 14.4. The number of halogens is 2. The number of anilines is 4. The molecule has 0 saturated carbocycles. The van der Waals surface area contributed by atoms with Crippen LogP contribution in [0.25, 0.3) is 0 Å². The number of aromatic nitrogens is 3. The molecule has 0 aliphatic rings. The van der Waals surface area contributed by atoms with Crippen molar-refractivity contribution in [2.24, 2.45) is 0 Å². The van der Waals surface area contributed by atoms with E-state index in [9.17, 15) is 13.6 Å². The lowest BCUT2D eigenvalue weighted by Gasteiger charge is -2.14. The maximum Gasteiger partial charge on any atom is 0.338 e. The lowest BCUT2D eigenvalue weighted by molar-refractivity contribution is 0.0599. The first-order valence-corrected chi connectivity index (χ1v) is 8.32. The molecule has 2 aromatic heterocycles. The number of pyridine rings is 1. The molecule has 29 heavy (non-hydrogen) atoms. The smallest absolute Gasteiger partial charge is 0.338 e. The van der Waals surface area contributed by atoms with Crippen LogP contribution in [0, 0.1) is 24.0 Å². The summed E-state index contributed by atoms with van der Waals surface area (Å²) in [6, 6.07) is 4.91. The molecule has 0 amide bonds. The number of nitrogens with one attached hydrogen (secondary N) is 3. The molecule has 1 aromatic carbocycles. The van der Waals surface area contributed by atoms with Gasteiger partial charge in [-0.25, -0.2) is 28.5 Å². The largest absolute Gasteiger partial charge is 0.465 e. The molecular weight excluding hydrogens is 382 g/mol. The Hall–Kier alpha value is -3.95. The standard InChI is InChI=1S/C19H16F2N6O2/c1-10-3-16(25-9-24-10)27-17-6-15(12(7-22)8-23-17)26-18-13(20)4-11(5-14(18)21)19(28)29-2/h3-9,22H,1-2H3,(H2,23,24,25,26,27). The third-order valence-corrected chi connectivity index (χ3v) is 3.87. The van der Waals surface area contributed by atoms with Crippen molar-refractivity contribution >= 4 is 35.2 Å². The quantitative estimate of drug-likeness (QED) is 0.428. The number of methoxy groups -OCH3 is 1. The molecule has 8 nitrogen and oxygen atoms in total. The van der Waals surface area contributed by atoms with Crippen LogP contribution in [0.2, 0.25) is 0 Å². The summed E-state index contributed by atoms with van der Waals surface area (Å²) in [5.41, 5.74) is 0.538. The van der Waals surface area contributed by atoms with E-state index in [1.165, 1.54) is 18.6 Å². The fraction of sp³-hybridized carbons (Fsp3) is 0.105. The van der Waals surface area contributed by atoms with Crippen molar-refractivity contribution in [2.45, 2.75) is 6.92 Å². The van der Waals surface area contributed by atoms with Crippen molar-refractivity contribution in [1.82, 2.24) is 15.0 Å². The fourth-order valence-corrected chi connectivity index (χ4v) is 2.47. The molecule has 3 N–H and O–H groups in total. The van der Waals surface area contributed by atoms with Crippen LogP contribution in [0.15, 0.2) is 36.8 Å². The van der Waals surface area contributed by atoms with Crippen LogP contribution in [0.3, 0.4) is 0 Å². The SMILES string of the molecule is COC(=O)c1cc(F)c(Nc2cc(Nc3cc(C)ncn3)ncc2C=N)c(F)c1. The lowest BCUT2D eigenvalue weighted by atomic mass is 10.1. The second-order valence-corrected chi connectivity index (χ2v) is 5.90. The molecule has 3 rings (SSSR count). The summed E-state index contributed by atoms with van der Waals surface area (Å²) < 4.78 is 33.3. The average Bonchev–Trinajstić information content (AvgIpc) is 2.70. The fourth-order valence-electron chi connectivity index (χ4n) is 2.47.